The zero-order chi connectivity index (χ0) is 13.7. The standard InChI is InChI=1S/C14H15N3O3/c18-13-11-9-2-3-10(20-9)12(11)14(19)17(13)6-1-5-16-7-4-15-8-16/h2-4,7-12H,1,5-6H2. The Kier molecular flexibility index (Phi) is 2.53. The maximum atomic E-state index is 12.4. The highest BCUT2D eigenvalue weighted by Gasteiger charge is 2.60. The van der Waals surface area contributed by atoms with E-state index < -0.39 is 0 Å². The molecule has 20 heavy (non-hydrogen) atoms. The van der Waals surface area contributed by atoms with Gasteiger partial charge in [-0.1, -0.05) is 12.2 Å². The maximum Gasteiger partial charge on any atom is 0.236 e. The predicted octanol–water partition coefficient (Wildman–Crippen LogP) is 0.212. The molecule has 3 aliphatic rings. The van der Waals surface area contributed by atoms with Crippen molar-refractivity contribution in [1.29, 1.82) is 0 Å². The highest BCUT2D eigenvalue weighted by atomic mass is 16.5. The van der Waals surface area contributed by atoms with Crippen LogP contribution in [0.2, 0.25) is 0 Å². The van der Waals surface area contributed by atoms with Crippen LogP contribution in [0.1, 0.15) is 6.42 Å². The van der Waals surface area contributed by atoms with Gasteiger partial charge in [-0.2, -0.15) is 0 Å². The molecule has 2 amide bonds. The molecule has 0 aromatic carbocycles. The molecular weight excluding hydrogens is 258 g/mol. The molecule has 2 saturated heterocycles. The summed E-state index contributed by atoms with van der Waals surface area (Å²) in [5.41, 5.74) is 0. The Bertz CT molecular complexity index is 550. The van der Waals surface area contributed by atoms with Crippen molar-refractivity contribution in [2.75, 3.05) is 6.54 Å². The predicted molar refractivity (Wildman–Crippen MR) is 68.3 cm³/mol. The molecule has 0 aliphatic carbocycles. The average molecular weight is 273 g/mol. The number of fused-ring (bicyclic) bond motifs is 5. The van der Waals surface area contributed by atoms with Crippen molar-refractivity contribution in [3.8, 4) is 0 Å². The van der Waals surface area contributed by atoms with E-state index in [1.165, 1.54) is 4.90 Å². The molecule has 0 saturated carbocycles. The van der Waals surface area contributed by atoms with Gasteiger partial charge in [-0.25, -0.2) is 4.98 Å². The molecule has 4 unspecified atom stereocenters. The highest BCUT2D eigenvalue weighted by Crippen LogP contribution is 2.44. The fourth-order valence-corrected chi connectivity index (χ4v) is 3.42. The van der Waals surface area contributed by atoms with E-state index in [-0.39, 0.29) is 35.9 Å². The number of rotatable bonds is 4. The zero-order valence-corrected chi connectivity index (χ0v) is 10.9. The van der Waals surface area contributed by atoms with Gasteiger partial charge < -0.3 is 9.30 Å². The van der Waals surface area contributed by atoms with Gasteiger partial charge in [0, 0.05) is 25.5 Å². The first-order chi connectivity index (χ1) is 9.75. The summed E-state index contributed by atoms with van der Waals surface area (Å²) in [7, 11) is 0. The number of imidazole rings is 1. The fourth-order valence-electron chi connectivity index (χ4n) is 3.42. The number of hydrogen-bond donors (Lipinski definition) is 0. The first-order valence-corrected chi connectivity index (χ1v) is 6.90. The van der Waals surface area contributed by atoms with Crippen LogP contribution < -0.4 is 0 Å². The molecule has 1 aromatic rings. The van der Waals surface area contributed by atoms with Gasteiger partial charge in [-0.3, -0.25) is 14.5 Å². The van der Waals surface area contributed by atoms with Gasteiger partial charge in [0.05, 0.1) is 30.4 Å². The van der Waals surface area contributed by atoms with E-state index in [1.807, 2.05) is 22.9 Å². The number of nitrogens with zero attached hydrogens (tertiary/aromatic N) is 3. The third-order valence-corrected chi connectivity index (χ3v) is 4.36. The molecule has 3 aliphatic heterocycles. The van der Waals surface area contributed by atoms with Gasteiger partial charge >= 0.3 is 0 Å². The Balaban J connectivity index is 1.43. The third-order valence-electron chi connectivity index (χ3n) is 4.36. The molecule has 2 fully saturated rings. The van der Waals surface area contributed by atoms with E-state index in [1.54, 1.807) is 12.5 Å². The van der Waals surface area contributed by atoms with Gasteiger partial charge in [0.15, 0.2) is 0 Å². The van der Waals surface area contributed by atoms with E-state index in [4.69, 9.17) is 4.74 Å². The molecule has 2 bridgehead atoms. The average Bonchev–Trinajstić information content (AvgIpc) is 3.18. The van der Waals surface area contributed by atoms with Crippen molar-refractivity contribution in [2.24, 2.45) is 11.8 Å². The second-order valence-corrected chi connectivity index (χ2v) is 5.48. The number of carbonyl (C=O) groups excluding carboxylic acids is 2. The Labute approximate surface area is 116 Å². The summed E-state index contributed by atoms with van der Waals surface area (Å²) >= 11 is 0. The lowest BCUT2D eigenvalue weighted by Crippen LogP contribution is -2.35. The molecule has 4 rings (SSSR count). The van der Waals surface area contributed by atoms with Crippen LogP contribution in [0.15, 0.2) is 30.9 Å². The molecule has 104 valence electrons. The zero-order valence-electron chi connectivity index (χ0n) is 10.9. The summed E-state index contributed by atoms with van der Waals surface area (Å²) in [5, 5.41) is 0. The lowest BCUT2D eigenvalue weighted by molar-refractivity contribution is -0.142. The Morgan fingerprint density at radius 1 is 1.10 bits per heavy atom. The molecule has 4 heterocycles. The van der Waals surface area contributed by atoms with Gasteiger partial charge in [-0.15, -0.1) is 0 Å². The summed E-state index contributed by atoms with van der Waals surface area (Å²) in [6.07, 6.45) is 9.51. The number of amides is 2. The number of carbonyl (C=O) groups is 2. The number of likely N-dealkylation sites (tertiary alicyclic amines) is 1. The summed E-state index contributed by atoms with van der Waals surface area (Å²) in [6.45, 7) is 1.23. The minimum Gasteiger partial charge on any atom is -0.365 e. The topological polar surface area (TPSA) is 64.4 Å². The quantitative estimate of drug-likeness (QED) is 0.581. The summed E-state index contributed by atoms with van der Waals surface area (Å²) in [5.74, 6) is -0.707. The Morgan fingerprint density at radius 3 is 2.40 bits per heavy atom. The third kappa shape index (κ3) is 1.57. The number of aromatic nitrogens is 2. The Hall–Kier alpha value is -1.95. The van der Waals surface area contributed by atoms with Gasteiger partial charge in [0.1, 0.15) is 0 Å². The van der Waals surface area contributed by atoms with E-state index in [0.29, 0.717) is 6.54 Å². The van der Waals surface area contributed by atoms with Crippen LogP contribution in [0.5, 0.6) is 0 Å². The van der Waals surface area contributed by atoms with E-state index in [2.05, 4.69) is 4.98 Å². The van der Waals surface area contributed by atoms with Gasteiger partial charge in [0.25, 0.3) is 0 Å². The molecular formula is C14H15N3O3. The lowest BCUT2D eigenvalue weighted by Gasteiger charge is -2.17. The summed E-state index contributed by atoms with van der Waals surface area (Å²) in [6, 6.07) is 0. The smallest absolute Gasteiger partial charge is 0.236 e. The van der Waals surface area contributed by atoms with Crippen LogP contribution in [-0.2, 0) is 20.9 Å². The van der Waals surface area contributed by atoms with Crippen molar-refractivity contribution in [1.82, 2.24) is 14.5 Å². The SMILES string of the molecule is O=C1C2C3C=CC(O3)C2C(=O)N1CCCn1ccnc1. The van der Waals surface area contributed by atoms with Crippen molar-refractivity contribution in [3.63, 3.8) is 0 Å². The molecule has 6 heteroatoms. The summed E-state index contributed by atoms with van der Waals surface area (Å²) in [4.78, 5) is 30.1. The monoisotopic (exact) mass is 273 g/mol. The molecule has 6 nitrogen and oxygen atoms in total. The normalized spacial score (nSPS) is 34.3. The molecule has 0 spiro atoms. The minimum atomic E-state index is -0.286. The second kappa shape index (κ2) is 4.28. The highest BCUT2D eigenvalue weighted by molar-refractivity contribution is 6.06. The number of aryl methyl sites for hydroxylation is 1. The van der Waals surface area contributed by atoms with Crippen molar-refractivity contribution in [2.45, 2.75) is 25.2 Å². The molecule has 4 atom stereocenters. The number of hydrogen-bond acceptors (Lipinski definition) is 4. The van der Waals surface area contributed by atoms with Gasteiger partial charge in [0.2, 0.25) is 11.8 Å². The number of ether oxygens (including phenoxy) is 1. The maximum absolute atomic E-state index is 12.4. The van der Waals surface area contributed by atoms with Crippen molar-refractivity contribution in [3.05, 3.63) is 30.9 Å². The van der Waals surface area contributed by atoms with E-state index >= 15 is 0 Å². The van der Waals surface area contributed by atoms with Crippen molar-refractivity contribution < 1.29 is 14.3 Å². The Morgan fingerprint density at radius 2 is 1.80 bits per heavy atom. The first-order valence-electron chi connectivity index (χ1n) is 6.90. The molecule has 1 aromatic heterocycles. The molecule has 0 radical (unpaired) electrons. The van der Waals surface area contributed by atoms with Crippen molar-refractivity contribution >= 4 is 11.8 Å². The largest absolute Gasteiger partial charge is 0.365 e. The van der Waals surface area contributed by atoms with Crippen LogP contribution in [0, 0.1) is 11.8 Å². The van der Waals surface area contributed by atoms with E-state index in [9.17, 15) is 9.59 Å². The minimum absolute atomic E-state index is 0.0671. The van der Waals surface area contributed by atoms with Crippen LogP contribution in [-0.4, -0.2) is 45.0 Å². The van der Waals surface area contributed by atoms with E-state index in [0.717, 1.165) is 13.0 Å². The summed E-state index contributed by atoms with van der Waals surface area (Å²) < 4.78 is 7.54. The van der Waals surface area contributed by atoms with Gasteiger partial charge in [-0.05, 0) is 6.42 Å². The molecule has 0 N–H and O–H groups in total. The van der Waals surface area contributed by atoms with Crippen LogP contribution in [0.25, 0.3) is 0 Å². The fraction of sp³-hybridized carbons (Fsp3) is 0.500. The second-order valence-electron chi connectivity index (χ2n) is 5.48. The van der Waals surface area contributed by atoms with Crippen LogP contribution >= 0.6 is 0 Å². The first kappa shape index (κ1) is 11.8. The van der Waals surface area contributed by atoms with Crippen LogP contribution in [0.3, 0.4) is 0 Å². The lowest BCUT2D eigenvalue weighted by atomic mass is 9.85. The van der Waals surface area contributed by atoms with Crippen LogP contribution in [0.4, 0.5) is 0 Å². The number of imide groups is 1.